The highest BCUT2D eigenvalue weighted by Gasteiger charge is 2.19. The molecule has 5 nitrogen and oxygen atoms in total. The molecule has 0 amide bonds. The molecular weight excluding hydrogens is 323 g/mol. The van der Waals surface area contributed by atoms with Crippen LogP contribution in [0.5, 0.6) is 0 Å². The van der Waals surface area contributed by atoms with E-state index in [1.807, 2.05) is 13.0 Å². The second-order valence-electron chi connectivity index (χ2n) is 5.05. The van der Waals surface area contributed by atoms with E-state index in [0.717, 1.165) is 17.8 Å². The van der Waals surface area contributed by atoms with Crippen molar-refractivity contribution in [1.82, 2.24) is 4.98 Å². The first-order chi connectivity index (χ1) is 11.4. The third kappa shape index (κ3) is 4.02. The highest BCUT2D eigenvalue weighted by Crippen LogP contribution is 2.28. The smallest absolute Gasteiger partial charge is 0.196 e. The number of aliphatic hydroxyl groups excluding tert-OH is 1. The molecule has 2 N–H and O–H groups in total. The van der Waals surface area contributed by atoms with E-state index >= 15 is 0 Å². The van der Waals surface area contributed by atoms with Crippen LogP contribution in [0.3, 0.4) is 0 Å². The fourth-order valence-electron chi connectivity index (χ4n) is 1.99. The maximum absolute atomic E-state index is 14.1. The molecule has 128 valence electrons. The van der Waals surface area contributed by atoms with Gasteiger partial charge in [-0.1, -0.05) is 11.2 Å². The normalized spacial score (nSPS) is 11.1. The lowest BCUT2D eigenvalue weighted by atomic mass is 10.1. The average molecular weight is 339 g/mol. The molecule has 1 heterocycles. The molecule has 0 aliphatic heterocycles. The number of aryl methyl sites for hydroxylation is 2. The predicted molar refractivity (Wildman–Crippen MR) is 83.9 cm³/mol. The molecule has 0 aliphatic carbocycles. The molecule has 24 heavy (non-hydrogen) atoms. The molecular formula is C16H16F3N3O2. The van der Waals surface area contributed by atoms with Crippen LogP contribution in [0, 0.1) is 31.3 Å². The Bertz CT molecular complexity index is 767. The van der Waals surface area contributed by atoms with Crippen molar-refractivity contribution < 1.29 is 23.1 Å². The first-order valence-corrected chi connectivity index (χ1v) is 7.08. The van der Waals surface area contributed by atoms with Gasteiger partial charge in [0.25, 0.3) is 0 Å². The van der Waals surface area contributed by atoms with Gasteiger partial charge in [0.1, 0.15) is 12.4 Å². The number of anilines is 2. The van der Waals surface area contributed by atoms with Gasteiger partial charge in [-0.15, -0.1) is 0 Å². The molecule has 0 fully saturated rings. The van der Waals surface area contributed by atoms with E-state index in [0.29, 0.717) is 11.4 Å². The standard InChI is InChI=1S/C16H16F3N3O2/c1-9-5-10(2)16(20-7-9)22-15-11(8-21-24-4-3-23)6-12(17)13(18)14(15)19/h5-8,23H,3-4H2,1-2H3,(H,20,22). The average Bonchev–Trinajstić information content (AvgIpc) is 2.54. The van der Waals surface area contributed by atoms with Crippen molar-refractivity contribution in [2.45, 2.75) is 13.8 Å². The van der Waals surface area contributed by atoms with Gasteiger partial charge in [-0.05, 0) is 31.0 Å². The lowest BCUT2D eigenvalue weighted by Gasteiger charge is -2.13. The number of nitrogens with one attached hydrogen (secondary N) is 1. The van der Waals surface area contributed by atoms with Gasteiger partial charge in [-0.3, -0.25) is 0 Å². The Morgan fingerprint density at radius 2 is 2.00 bits per heavy atom. The fraction of sp³-hybridized carbons (Fsp3) is 0.250. The number of rotatable bonds is 6. The summed E-state index contributed by atoms with van der Waals surface area (Å²) in [4.78, 5) is 8.79. The van der Waals surface area contributed by atoms with Crippen LogP contribution in [0.2, 0.25) is 0 Å². The van der Waals surface area contributed by atoms with Crippen molar-refractivity contribution in [3.05, 3.63) is 52.5 Å². The largest absolute Gasteiger partial charge is 0.393 e. The van der Waals surface area contributed by atoms with E-state index in [2.05, 4.69) is 20.3 Å². The zero-order valence-corrected chi connectivity index (χ0v) is 13.1. The monoisotopic (exact) mass is 339 g/mol. The van der Waals surface area contributed by atoms with Crippen LogP contribution >= 0.6 is 0 Å². The van der Waals surface area contributed by atoms with Crippen LogP contribution in [-0.4, -0.2) is 29.5 Å². The van der Waals surface area contributed by atoms with E-state index in [9.17, 15) is 13.2 Å². The highest BCUT2D eigenvalue weighted by atomic mass is 19.2. The van der Waals surface area contributed by atoms with Gasteiger partial charge >= 0.3 is 0 Å². The van der Waals surface area contributed by atoms with Crippen molar-refractivity contribution >= 4 is 17.7 Å². The molecule has 0 atom stereocenters. The molecule has 1 aromatic heterocycles. The summed E-state index contributed by atoms with van der Waals surface area (Å²) < 4.78 is 41.2. The zero-order valence-electron chi connectivity index (χ0n) is 13.1. The first-order valence-electron chi connectivity index (χ1n) is 7.08. The molecule has 0 bridgehead atoms. The molecule has 0 aliphatic rings. The van der Waals surface area contributed by atoms with Gasteiger partial charge in [0.2, 0.25) is 0 Å². The Morgan fingerprint density at radius 1 is 1.25 bits per heavy atom. The number of pyridine rings is 1. The number of hydrogen-bond donors (Lipinski definition) is 2. The molecule has 2 rings (SSSR count). The van der Waals surface area contributed by atoms with Gasteiger partial charge in [0.15, 0.2) is 17.5 Å². The fourth-order valence-corrected chi connectivity index (χ4v) is 1.99. The van der Waals surface area contributed by atoms with E-state index in [1.165, 1.54) is 0 Å². The van der Waals surface area contributed by atoms with Crippen LogP contribution in [-0.2, 0) is 4.84 Å². The summed E-state index contributed by atoms with van der Waals surface area (Å²) >= 11 is 0. The molecule has 8 heteroatoms. The van der Waals surface area contributed by atoms with Crippen molar-refractivity contribution in [1.29, 1.82) is 0 Å². The summed E-state index contributed by atoms with van der Waals surface area (Å²) in [6.07, 6.45) is 2.58. The number of oxime groups is 1. The van der Waals surface area contributed by atoms with E-state index in [4.69, 9.17) is 5.11 Å². The SMILES string of the molecule is Cc1cnc(Nc2c(C=NOCCO)cc(F)c(F)c2F)c(C)c1. The van der Waals surface area contributed by atoms with Crippen molar-refractivity contribution in [3.63, 3.8) is 0 Å². The summed E-state index contributed by atoms with van der Waals surface area (Å²) in [7, 11) is 0. The molecule has 0 saturated heterocycles. The topological polar surface area (TPSA) is 66.7 Å². The molecule has 0 unspecified atom stereocenters. The van der Waals surface area contributed by atoms with Crippen LogP contribution in [0.15, 0.2) is 23.5 Å². The Hall–Kier alpha value is -2.61. The predicted octanol–water partition coefficient (Wildman–Crippen LogP) is 3.20. The highest BCUT2D eigenvalue weighted by molar-refractivity contribution is 5.89. The van der Waals surface area contributed by atoms with Crippen LogP contribution in [0.1, 0.15) is 16.7 Å². The van der Waals surface area contributed by atoms with Crippen molar-refractivity contribution in [3.8, 4) is 0 Å². The minimum Gasteiger partial charge on any atom is -0.393 e. The zero-order chi connectivity index (χ0) is 17.7. The number of nitrogens with zero attached hydrogens (tertiary/aromatic N) is 2. The third-order valence-electron chi connectivity index (χ3n) is 3.10. The third-order valence-corrected chi connectivity index (χ3v) is 3.10. The second kappa shape index (κ2) is 7.78. The minimum absolute atomic E-state index is 0.0638. The molecule has 0 spiro atoms. The Kier molecular flexibility index (Phi) is 5.75. The number of halogens is 3. The van der Waals surface area contributed by atoms with E-state index in [-0.39, 0.29) is 24.5 Å². The van der Waals surface area contributed by atoms with Crippen LogP contribution in [0.4, 0.5) is 24.7 Å². The summed E-state index contributed by atoms with van der Waals surface area (Å²) in [6.45, 7) is 3.25. The maximum Gasteiger partial charge on any atom is 0.196 e. The van der Waals surface area contributed by atoms with Gasteiger partial charge in [-0.2, -0.15) is 0 Å². The lowest BCUT2D eigenvalue weighted by Crippen LogP contribution is -2.06. The molecule has 0 radical (unpaired) electrons. The Labute approximate surface area is 136 Å². The number of aliphatic hydroxyl groups is 1. The van der Waals surface area contributed by atoms with Gasteiger partial charge in [-0.25, -0.2) is 18.2 Å². The summed E-state index contributed by atoms with van der Waals surface area (Å²) in [5.41, 5.74) is 1.23. The van der Waals surface area contributed by atoms with Crippen LogP contribution in [0.25, 0.3) is 0 Å². The van der Waals surface area contributed by atoms with Crippen molar-refractivity contribution in [2.24, 2.45) is 5.16 Å². The quantitative estimate of drug-likeness (QED) is 0.367. The number of aromatic nitrogens is 1. The Balaban J connectivity index is 2.42. The van der Waals surface area contributed by atoms with Gasteiger partial charge in [0, 0.05) is 11.8 Å². The summed E-state index contributed by atoms with van der Waals surface area (Å²) in [6, 6.07) is 2.60. The van der Waals surface area contributed by atoms with Crippen molar-refractivity contribution in [2.75, 3.05) is 18.5 Å². The van der Waals surface area contributed by atoms with E-state index < -0.39 is 17.5 Å². The maximum atomic E-state index is 14.1. The Morgan fingerprint density at radius 3 is 2.67 bits per heavy atom. The summed E-state index contributed by atoms with van der Waals surface area (Å²) in [5.74, 6) is -4.04. The number of benzene rings is 1. The minimum atomic E-state index is -1.60. The van der Waals surface area contributed by atoms with E-state index in [1.54, 1.807) is 13.1 Å². The van der Waals surface area contributed by atoms with Crippen LogP contribution < -0.4 is 5.32 Å². The first kappa shape index (κ1) is 17.7. The summed E-state index contributed by atoms with van der Waals surface area (Å²) in [5, 5.41) is 14.7. The van der Waals surface area contributed by atoms with Gasteiger partial charge in [0.05, 0.1) is 18.5 Å². The number of hydrogen-bond acceptors (Lipinski definition) is 5. The van der Waals surface area contributed by atoms with Gasteiger partial charge < -0.3 is 15.3 Å². The lowest BCUT2D eigenvalue weighted by molar-refractivity contribution is 0.0997. The molecule has 2 aromatic rings. The molecule has 1 aromatic carbocycles. The molecule has 0 saturated carbocycles. The second-order valence-corrected chi connectivity index (χ2v) is 5.05.